The summed E-state index contributed by atoms with van der Waals surface area (Å²) < 4.78 is 0. The summed E-state index contributed by atoms with van der Waals surface area (Å²) in [6, 6.07) is 10.9. The van der Waals surface area contributed by atoms with E-state index in [2.05, 4.69) is 15.3 Å². The van der Waals surface area contributed by atoms with Gasteiger partial charge in [0.05, 0.1) is 12.2 Å². The van der Waals surface area contributed by atoms with Crippen molar-refractivity contribution in [3.8, 4) is 6.07 Å². The number of pyridine rings is 1. The average Bonchev–Trinajstić information content (AvgIpc) is 2.96. The Morgan fingerprint density at radius 2 is 2.32 bits per heavy atom. The van der Waals surface area contributed by atoms with Crippen molar-refractivity contribution < 1.29 is 4.79 Å². The van der Waals surface area contributed by atoms with E-state index < -0.39 is 5.91 Å². The molecule has 19 heavy (non-hydrogen) atoms. The molecular formula is C14H12N4O. The number of hydrogen-bond donors (Lipinski definition) is 2. The van der Waals surface area contributed by atoms with Crippen molar-refractivity contribution in [3.05, 3.63) is 59.7 Å². The van der Waals surface area contributed by atoms with Gasteiger partial charge in [0.25, 0.3) is 5.91 Å². The Kier molecular flexibility index (Phi) is 4.09. The van der Waals surface area contributed by atoms with Gasteiger partial charge in [0, 0.05) is 18.1 Å². The van der Waals surface area contributed by atoms with Gasteiger partial charge in [-0.25, -0.2) is 0 Å². The van der Waals surface area contributed by atoms with E-state index >= 15 is 0 Å². The summed E-state index contributed by atoms with van der Waals surface area (Å²) in [7, 11) is 0. The molecule has 2 rings (SSSR count). The minimum atomic E-state index is -0.414. The molecule has 94 valence electrons. The van der Waals surface area contributed by atoms with Crippen LogP contribution in [0.4, 0.5) is 0 Å². The topological polar surface area (TPSA) is 81.6 Å². The number of nitrogens with one attached hydrogen (secondary N) is 2. The zero-order valence-corrected chi connectivity index (χ0v) is 10.1. The van der Waals surface area contributed by atoms with Gasteiger partial charge < -0.3 is 10.3 Å². The van der Waals surface area contributed by atoms with Crippen molar-refractivity contribution in [2.45, 2.75) is 6.54 Å². The number of amides is 1. The molecule has 0 unspecified atom stereocenters. The summed E-state index contributed by atoms with van der Waals surface area (Å²) in [5.74, 6) is -0.414. The summed E-state index contributed by atoms with van der Waals surface area (Å²) >= 11 is 0. The largest absolute Gasteiger partial charge is 0.362 e. The van der Waals surface area contributed by atoms with Crippen LogP contribution in [0, 0.1) is 11.3 Å². The first kappa shape index (κ1) is 12.6. The van der Waals surface area contributed by atoms with E-state index in [1.807, 2.05) is 12.1 Å². The first-order valence-electron chi connectivity index (χ1n) is 5.73. The summed E-state index contributed by atoms with van der Waals surface area (Å²) in [4.78, 5) is 18.8. The average molecular weight is 252 g/mol. The number of rotatable bonds is 4. The van der Waals surface area contributed by atoms with Crippen molar-refractivity contribution in [1.82, 2.24) is 15.3 Å². The van der Waals surface area contributed by atoms with Crippen LogP contribution in [0.2, 0.25) is 0 Å². The lowest BCUT2D eigenvalue weighted by Gasteiger charge is -2.03. The molecule has 0 aliphatic heterocycles. The molecule has 2 N–H and O–H groups in total. The van der Waals surface area contributed by atoms with Crippen LogP contribution in [0.15, 0.2) is 48.3 Å². The molecule has 0 atom stereocenters. The molecule has 5 heteroatoms. The molecule has 0 fully saturated rings. The summed E-state index contributed by atoms with van der Waals surface area (Å²) in [6.07, 6.45) is 4.89. The predicted molar refractivity (Wildman–Crippen MR) is 70.5 cm³/mol. The molecule has 5 nitrogen and oxygen atoms in total. The SMILES string of the molecule is N#CC(=Cc1ccc[nH]1)C(=O)NCc1ccccn1. The van der Waals surface area contributed by atoms with Gasteiger partial charge in [0.1, 0.15) is 11.6 Å². The predicted octanol–water partition coefficient (Wildman–Crippen LogP) is 1.63. The molecule has 2 aromatic heterocycles. The van der Waals surface area contributed by atoms with E-state index in [0.29, 0.717) is 12.2 Å². The van der Waals surface area contributed by atoms with E-state index in [4.69, 9.17) is 5.26 Å². The Labute approximate surface area is 110 Å². The molecule has 0 aromatic carbocycles. The van der Waals surface area contributed by atoms with Crippen LogP contribution in [0.25, 0.3) is 6.08 Å². The number of nitriles is 1. The molecule has 0 aliphatic carbocycles. The first-order chi connectivity index (χ1) is 9.29. The Morgan fingerprint density at radius 1 is 1.42 bits per heavy atom. The molecule has 0 bridgehead atoms. The van der Waals surface area contributed by atoms with Gasteiger partial charge in [-0.2, -0.15) is 5.26 Å². The van der Waals surface area contributed by atoms with E-state index in [-0.39, 0.29) is 5.57 Å². The monoisotopic (exact) mass is 252 g/mol. The highest BCUT2D eigenvalue weighted by Gasteiger charge is 2.08. The molecular weight excluding hydrogens is 240 g/mol. The lowest BCUT2D eigenvalue weighted by atomic mass is 10.2. The molecule has 0 radical (unpaired) electrons. The second-order valence-electron chi connectivity index (χ2n) is 3.80. The third-order valence-corrected chi connectivity index (χ3v) is 2.44. The van der Waals surface area contributed by atoms with Crippen molar-refractivity contribution in [3.63, 3.8) is 0 Å². The van der Waals surface area contributed by atoms with Crippen LogP contribution < -0.4 is 5.32 Å². The van der Waals surface area contributed by atoms with Crippen LogP contribution in [0.5, 0.6) is 0 Å². The standard InChI is InChI=1S/C14H12N4O/c15-9-11(8-12-5-3-7-16-12)14(19)18-10-13-4-1-2-6-17-13/h1-8,16H,10H2,(H,18,19). The molecule has 2 heterocycles. The minimum absolute atomic E-state index is 0.0541. The molecule has 0 saturated heterocycles. The van der Waals surface area contributed by atoms with Gasteiger partial charge in [-0.1, -0.05) is 6.07 Å². The fourth-order valence-corrected chi connectivity index (χ4v) is 1.51. The quantitative estimate of drug-likeness (QED) is 0.641. The molecule has 0 spiro atoms. The normalized spacial score (nSPS) is 10.8. The highest BCUT2D eigenvalue weighted by Crippen LogP contribution is 2.04. The lowest BCUT2D eigenvalue weighted by Crippen LogP contribution is -2.24. The summed E-state index contributed by atoms with van der Waals surface area (Å²) in [5, 5.41) is 11.6. The highest BCUT2D eigenvalue weighted by molar-refractivity contribution is 6.01. The van der Waals surface area contributed by atoms with Gasteiger partial charge in [-0.05, 0) is 30.3 Å². The maximum atomic E-state index is 11.8. The highest BCUT2D eigenvalue weighted by atomic mass is 16.1. The number of nitrogens with zero attached hydrogens (tertiary/aromatic N) is 2. The Balaban J connectivity index is 2.01. The van der Waals surface area contributed by atoms with Gasteiger partial charge in [0.15, 0.2) is 0 Å². The van der Waals surface area contributed by atoms with Crippen LogP contribution in [-0.4, -0.2) is 15.9 Å². The summed E-state index contributed by atoms with van der Waals surface area (Å²) in [6.45, 7) is 0.295. The molecule has 1 amide bonds. The van der Waals surface area contributed by atoms with Gasteiger partial charge in [-0.3, -0.25) is 9.78 Å². The maximum Gasteiger partial charge on any atom is 0.262 e. The Hall–Kier alpha value is -2.87. The van der Waals surface area contributed by atoms with Crippen LogP contribution >= 0.6 is 0 Å². The minimum Gasteiger partial charge on any atom is -0.362 e. The van der Waals surface area contributed by atoms with Gasteiger partial charge in [0.2, 0.25) is 0 Å². The van der Waals surface area contributed by atoms with E-state index in [1.54, 1.807) is 36.7 Å². The summed E-state index contributed by atoms with van der Waals surface area (Å²) in [5.41, 5.74) is 1.51. The smallest absolute Gasteiger partial charge is 0.262 e. The van der Waals surface area contributed by atoms with Gasteiger partial charge >= 0.3 is 0 Å². The van der Waals surface area contributed by atoms with E-state index in [9.17, 15) is 4.79 Å². The van der Waals surface area contributed by atoms with Gasteiger partial charge in [-0.15, -0.1) is 0 Å². The third-order valence-electron chi connectivity index (χ3n) is 2.44. The number of H-pyrrole nitrogens is 1. The Bertz CT molecular complexity index is 609. The van der Waals surface area contributed by atoms with Crippen molar-refractivity contribution in [1.29, 1.82) is 5.26 Å². The van der Waals surface area contributed by atoms with Crippen LogP contribution in [-0.2, 0) is 11.3 Å². The second kappa shape index (κ2) is 6.17. The second-order valence-corrected chi connectivity index (χ2v) is 3.80. The maximum absolute atomic E-state index is 11.8. The molecule has 2 aromatic rings. The zero-order valence-electron chi connectivity index (χ0n) is 10.1. The zero-order chi connectivity index (χ0) is 13.5. The number of aromatic amines is 1. The fraction of sp³-hybridized carbons (Fsp3) is 0.0714. The number of aromatic nitrogens is 2. The van der Waals surface area contributed by atoms with Crippen LogP contribution in [0.1, 0.15) is 11.4 Å². The van der Waals surface area contributed by atoms with Crippen molar-refractivity contribution in [2.75, 3.05) is 0 Å². The van der Waals surface area contributed by atoms with E-state index in [1.165, 1.54) is 6.08 Å². The third kappa shape index (κ3) is 3.54. The first-order valence-corrected chi connectivity index (χ1v) is 5.73. The fourth-order valence-electron chi connectivity index (χ4n) is 1.51. The van der Waals surface area contributed by atoms with Crippen molar-refractivity contribution in [2.24, 2.45) is 0 Å². The van der Waals surface area contributed by atoms with E-state index in [0.717, 1.165) is 5.69 Å². The number of hydrogen-bond acceptors (Lipinski definition) is 3. The lowest BCUT2D eigenvalue weighted by molar-refractivity contribution is -0.117. The van der Waals surface area contributed by atoms with Crippen molar-refractivity contribution >= 4 is 12.0 Å². The molecule has 0 saturated carbocycles. The van der Waals surface area contributed by atoms with Crippen LogP contribution in [0.3, 0.4) is 0 Å². The molecule has 0 aliphatic rings. The number of carbonyl (C=O) groups excluding carboxylic acids is 1. The number of carbonyl (C=O) groups is 1. The Morgan fingerprint density at radius 3 is 2.95 bits per heavy atom.